The average Bonchev–Trinajstić information content (AvgIpc) is 3.79. The first-order valence-electron chi connectivity index (χ1n) is 22.5. The number of ether oxygens (including phenoxy) is 1. The van der Waals surface area contributed by atoms with E-state index in [1.165, 1.54) is 66.3 Å². The predicted molar refractivity (Wildman–Crippen MR) is 276 cm³/mol. The molecule has 9 aromatic rings. The van der Waals surface area contributed by atoms with E-state index in [1.54, 1.807) is 0 Å². The van der Waals surface area contributed by atoms with Gasteiger partial charge in [0.1, 0.15) is 0 Å². The topological polar surface area (TPSA) is 17.4 Å². The third-order valence-corrected chi connectivity index (χ3v) is 13.0. The molecule has 3 heteroatoms. The maximum atomic E-state index is 6.09. The van der Waals surface area contributed by atoms with Crippen molar-refractivity contribution < 1.29 is 4.74 Å². The van der Waals surface area contributed by atoms with Crippen molar-refractivity contribution in [1.82, 2.24) is 4.57 Å². The molecule has 0 bridgehead atoms. The van der Waals surface area contributed by atoms with Gasteiger partial charge in [-0.05, 0) is 135 Å². The lowest BCUT2D eigenvalue weighted by atomic mass is 9.81. The van der Waals surface area contributed by atoms with Crippen molar-refractivity contribution in [2.75, 3.05) is 4.90 Å². The molecule has 0 unspecified atom stereocenters. The molecule has 0 fully saturated rings. The first-order chi connectivity index (χ1) is 31.8. The normalized spacial score (nSPS) is 13.2. The summed E-state index contributed by atoms with van der Waals surface area (Å²) < 4.78 is 8.46. The number of nitrogens with zero attached hydrogens (tertiary/aromatic N) is 2. The minimum absolute atomic E-state index is 0.186. The standard InChI is InChI=1S/C62H52N2O/c1-6-14-54-55-37-36-53(40-59(55)62(4,5)58(54)8-3)63(50-32-25-47(26-33-50)46-15-10-9-11-16-46)51-34-27-48(28-35-51)49-29-38-61-57(39-49)56-17-12-13-18-60(56)64(61)52-30-23-45(24-31-52)42-65-41-44-21-19-43(7-2)20-22-44/h6-40H,2-3,41-42H2,1,4-5H3/b14-6-. The van der Waals surface area contributed by atoms with Crippen LogP contribution in [0.4, 0.5) is 17.1 Å². The Bertz CT molecular complexity index is 3260. The van der Waals surface area contributed by atoms with E-state index in [0.29, 0.717) is 13.2 Å². The van der Waals surface area contributed by atoms with E-state index in [1.807, 2.05) is 12.2 Å². The van der Waals surface area contributed by atoms with E-state index in [-0.39, 0.29) is 5.41 Å². The number of fused-ring (bicyclic) bond motifs is 4. The van der Waals surface area contributed by atoms with Crippen LogP contribution in [0.25, 0.3) is 61.4 Å². The molecule has 0 atom stereocenters. The van der Waals surface area contributed by atoms with Crippen LogP contribution >= 0.6 is 0 Å². The second kappa shape index (κ2) is 17.4. The van der Waals surface area contributed by atoms with Gasteiger partial charge in [0.05, 0.1) is 24.2 Å². The minimum Gasteiger partial charge on any atom is -0.372 e. The summed E-state index contributed by atoms with van der Waals surface area (Å²) in [5, 5.41) is 2.45. The molecular weight excluding hydrogens is 789 g/mol. The average molecular weight is 841 g/mol. The van der Waals surface area contributed by atoms with Crippen molar-refractivity contribution in [3.63, 3.8) is 0 Å². The predicted octanol–water partition coefficient (Wildman–Crippen LogP) is 16.8. The molecule has 1 aliphatic rings. The molecule has 0 radical (unpaired) electrons. The second-order valence-corrected chi connectivity index (χ2v) is 17.4. The van der Waals surface area contributed by atoms with Gasteiger partial charge >= 0.3 is 0 Å². The van der Waals surface area contributed by atoms with E-state index in [2.05, 4.69) is 244 Å². The number of para-hydroxylation sites is 1. The zero-order valence-electron chi connectivity index (χ0n) is 37.3. The van der Waals surface area contributed by atoms with Crippen LogP contribution < -0.4 is 4.90 Å². The molecule has 8 aromatic carbocycles. The van der Waals surface area contributed by atoms with Crippen molar-refractivity contribution in [3.8, 4) is 27.9 Å². The van der Waals surface area contributed by atoms with E-state index in [4.69, 9.17) is 4.74 Å². The lowest BCUT2D eigenvalue weighted by Gasteiger charge is -2.29. The lowest BCUT2D eigenvalue weighted by molar-refractivity contribution is 0.107. The number of allylic oxidation sites excluding steroid dienone is 5. The molecule has 10 rings (SSSR count). The quantitative estimate of drug-likeness (QED) is 0.115. The number of hydrogen-bond acceptors (Lipinski definition) is 2. The molecular formula is C62H52N2O. The number of anilines is 3. The molecule has 316 valence electrons. The smallest absolute Gasteiger partial charge is 0.0721 e. The van der Waals surface area contributed by atoms with Gasteiger partial charge in [0.25, 0.3) is 0 Å². The molecule has 65 heavy (non-hydrogen) atoms. The molecule has 0 spiro atoms. The fraction of sp³-hybridized carbons (Fsp3) is 0.0968. The Kier molecular flexibility index (Phi) is 11.1. The Morgan fingerprint density at radius 2 is 1.11 bits per heavy atom. The molecule has 0 saturated carbocycles. The molecule has 0 aliphatic heterocycles. The summed E-state index contributed by atoms with van der Waals surface area (Å²) >= 11 is 0. The van der Waals surface area contributed by atoms with Crippen molar-refractivity contribution in [1.29, 1.82) is 0 Å². The van der Waals surface area contributed by atoms with Gasteiger partial charge in [-0.2, -0.15) is 0 Å². The highest BCUT2D eigenvalue weighted by Gasteiger charge is 2.36. The van der Waals surface area contributed by atoms with E-state index in [9.17, 15) is 0 Å². The molecule has 0 N–H and O–H groups in total. The molecule has 0 amide bonds. The van der Waals surface area contributed by atoms with Crippen LogP contribution in [-0.4, -0.2) is 4.57 Å². The van der Waals surface area contributed by atoms with Crippen LogP contribution in [0, 0.1) is 0 Å². The van der Waals surface area contributed by atoms with Crippen molar-refractivity contribution >= 4 is 50.5 Å². The Labute approximate surface area is 383 Å². The highest BCUT2D eigenvalue weighted by atomic mass is 16.5. The summed E-state index contributed by atoms with van der Waals surface area (Å²) in [5.74, 6) is 0. The summed E-state index contributed by atoms with van der Waals surface area (Å²) in [6, 6.07) is 68.2. The monoisotopic (exact) mass is 840 g/mol. The number of benzene rings is 8. The Morgan fingerprint density at radius 1 is 0.538 bits per heavy atom. The summed E-state index contributed by atoms with van der Waals surface area (Å²) in [4.78, 5) is 2.38. The van der Waals surface area contributed by atoms with E-state index >= 15 is 0 Å². The van der Waals surface area contributed by atoms with Crippen LogP contribution in [0.3, 0.4) is 0 Å². The highest BCUT2D eigenvalue weighted by molar-refractivity contribution is 6.10. The minimum atomic E-state index is -0.186. The van der Waals surface area contributed by atoms with Gasteiger partial charge in [-0.15, -0.1) is 0 Å². The van der Waals surface area contributed by atoms with Crippen LogP contribution in [0.1, 0.15) is 48.6 Å². The summed E-state index contributed by atoms with van der Waals surface area (Å²) in [7, 11) is 0. The highest BCUT2D eigenvalue weighted by Crippen LogP contribution is 2.50. The van der Waals surface area contributed by atoms with Gasteiger partial charge in [0.2, 0.25) is 0 Å². The van der Waals surface area contributed by atoms with Gasteiger partial charge in [-0.1, -0.05) is 173 Å². The molecule has 1 aliphatic carbocycles. The molecule has 1 aromatic heterocycles. The molecule has 0 saturated heterocycles. The summed E-state index contributed by atoms with van der Waals surface area (Å²) in [6.07, 6.45) is 8.24. The Balaban J connectivity index is 0.969. The fourth-order valence-electron chi connectivity index (χ4n) is 9.65. The van der Waals surface area contributed by atoms with Gasteiger partial charge in [0.15, 0.2) is 0 Å². The number of hydrogen-bond donors (Lipinski definition) is 0. The van der Waals surface area contributed by atoms with Gasteiger partial charge in [0, 0.05) is 38.9 Å². The largest absolute Gasteiger partial charge is 0.372 e. The maximum Gasteiger partial charge on any atom is 0.0721 e. The van der Waals surface area contributed by atoms with Crippen LogP contribution in [0.15, 0.2) is 225 Å². The van der Waals surface area contributed by atoms with Crippen LogP contribution in [0.5, 0.6) is 0 Å². The van der Waals surface area contributed by atoms with Gasteiger partial charge in [-0.3, -0.25) is 0 Å². The number of aromatic nitrogens is 1. The third kappa shape index (κ3) is 7.75. The van der Waals surface area contributed by atoms with Crippen molar-refractivity contribution in [3.05, 3.63) is 253 Å². The van der Waals surface area contributed by atoms with Crippen molar-refractivity contribution in [2.24, 2.45) is 0 Å². The van der Waals surface area contributed by atoms with E-state index < -0.39 is 0 Å². The second-order valence-electron chi connectivity index (χ2n) is 17.4. The third-order valence-electron chi connectivity index (χ3n) is 13.0. The first kappa shape index (κ1) is 41.3. The Hall–Kier alpha value is -7.72. The summed E-state index contributed by atoms with van der Waals surface area (Å²) in [5.41, 5.74) is 19.8. The molecule has 1 heterocycles. The zero-order valence-corrected chi connectivity index (χ0v) is 37.3. The SMILES string of the molecule is C=CC1=C(/C=C\C)c2ccc(N(c3ccc(-c4ccccc4)cc3)c3ccc(-c4ccc5c(c4)c4ccccc4n5-c4ccc(COCc5ccc(C=C)cc5)cc4)cc3)cc2C1(C)C. The fourth-order valence-corrected chi connectivity index (χ4v) is 9.65. The molecule has 3 nitrogen and oxygen atoms in total. The first-order valence-corrected chi connectivity index (χ1v) is 22.5. The van der Waals surface area contributed by atoms with E-state index in [0.717, 1.165) is 39.4 Å². The van der Waals surface area contributed by atoms with Crippen LogP contribution in [-0.2, 0) is 23.4 Å². The van der Waals surface area contributed by atoms with Gasteiger partial charge in [-0.25, -0.2) is 0 Å². The summed E-state index contributed by atoms with van der Waals surface area (Å²) in [6.45, 7) is 15.9. The van der Waals surface area contributed by atoms with Crippen molar-refractivity contribution in [2.45, 2.75) is 39.4 Å². The number of rotatable bonds is 13. The zero-order chi connectivity index (χ0) is 44.5. The maximum absolute atomic E-state index is 6.09. The lowest BCUT2D eigenvalue weighted by Crippen LogP contribution is -2.17. The van der Waals surface area contributed by atoms with Gasteiger partial charge < -0.3 is 14.2 Å². The Morgan fingerprint density at radius 3 is 1.75 bits per heavy atom. The van der Waals surface area contributed by atoms with Crippen LogP contribution in [0.2, 0.25) is 0 Å².